The highest BCUT2D eigenvalue weighted by Gasteiger charge is 2.22. The second-order valence-electron chi connectivity index (χ2n) is 4.25. The number of hydrogen-bond acceptors (Lipinski definition) is 4. The molecule has 2 rings (SSSR count). The molecule has 1 N–H and O–H groups in total. The summed E-state index contributed by atoms with van der Waals surface area (Å²) in [6.45, 7) is 3.29. The van der Waals surface area contributed by atoms with Gasteiger partial charge in [0.2, 0.25) is 0 Å². The van der Waals surface area contributed by atoms with E-state index in [9.17, 15) is 5.11 Å². The van der Waals surface area contributed by atoms with Gasteiger partial charge in [-0.1, -0.05) is 6.92 Å². The fraction of sp³-hybridized carbons (Fsp3) is 0.667. The van der Waals surface area contributed by atoms with Crippen molar-refractivity contribution in [3.63, 3.8) is 0 Å². The van der Waals surface area contributed by atoms with Crippen molar-refractivity contribution >= 4 is 5.82 Å². The van der Waals surface area contributed by atoms with E-state index in [0.717, 1.165) is 30.9 Å². The van der Waals surface area contributed by atoms with Gasteiger partial charge in [-0.15, -0.1) is 0 Å². The maximum atomic E-state index is 9.36. The van der Waals surface area contributed by atoms with Crippen LogP contribution in [0.3, 0.4) is 0 Å². The maximum Gasteiger partial charge on any atom is 0.132 e. The monoisotopic (exact) mass is 221 g/mol. The minimum absolute atomic E-state index is 0.214. The van der Waals surface area contributed by atoms with E-state index in [-0.39, 0.29) is 12.6 Å². The first-order chi connectivity index (χ1) is 7.85. The number of piperidine rings is 1. The standard InChI is InChI=1S/C12H19N3O/c1-2-10-7-12(14-9-13-10)15-6-4-3-5-11(15)8-16/h7,9,11,16H,2-6,8H2,1H3. The first-order valence-electron chi connectivity index (χ1n) is 6.03. The Kier molecular flexibility index (Phi) is 3.72. The van der Waals surface area contributed by atoms with Gasteiger partial charge in [-0.05, 0) is 25.7 Å². The van der Waals surface area contributed by atoms with Crippen LogP contribution in [-0.2, 0) is 6.42 Å². The molecule has 1 unspecified atom stereocenters. The maximum absolute atomic E-state index is 9.36. The van der Waals surface area contributed by atoms with E-state index in [1.165, 1.54) is 12.8 Å². The summed E-state index contributed by atoms with van der Waals surface area (Å²) in [5.41, 5.74) is 1.06. The molecule has 4 nitrogen and oxygen atoms in total. The lowest BCUT2D eigenvalue weighted by Crippen LogP contribution is -2.42. The number of aliphatic hydroxyl groups excluding tert-OH is 1. The van der Waals surface area contributed by atoms with E-state index in [1.54, 1.807) is 6.33 Å². The van der Waals surface area contributed by atoms with Gasteiger partial charge < -0.3 is 10.0 Å². The SMILES string of the molecule is CCc1cc(N2CCCCC2CO)ncn1. The van der Waals surface area contributed by atoms with E-state index in [4.69, 9.17) is 0 Å². The molecule has 1 saturated heterocycles. The highest BCUT2D eigenvalue weighted by molar-refractivity contribution is 5.40. The van der Waals surface area contributed by atoms with Crippen molar-refractivity contribution in [1.29, 1.82) is 0 Å². The molecule has 2 heterocycles. The van der Waals surface area contributed by atoms with Crippen molar-refractivity contribution in [2.24, 2.45) is 0 Å². The van der Waals surface area contributed by atoms with Crippen LogP contribution in [0, 0.1) is 0 Å². The quantitative estimate of drug-likeness (QED) is 0.838. The molecule has 1 atom stereocenters. The van der Waals surface area contributed by atoms with Gasteiger partial charge in [-0.2, -0.15) is 0 Å². The van der Waals surface area contributed by atoms with Crippen LogP contribution in [0.5, 0.6) is 0 Å². The topological polar surface area (TPSA) is 49.2 Å². The average Bonchev–Trinajstić information content (AvgIpc) is 2.38. The first-order valence-corrected chi connectivity index (χ1v) is 6.03. The lowest BCUT2D eigenvalue weighted by molar-refractivity contribution is 0.239. The molecule has 0 amide bonds. The second-order valence-corrected chi connectivity index (χ2v) is 4.25. The van der Waals surface area contributed by atoms with Crippen LogP contribution >= 0.6 is 0 Å². The molecule has 0 radical (unpaired) electrons. The molecule has 1 aromatic rings. The van der Waals surface area contributed by atoms with Gasteiger partial charge in [0.25, 0.3) is 0 Å². The second kappa shape index (κ2) is 5.25. The summed E-state index contributed by atoms with van der Waals surface area (Å²) in [7, 11) is 0. The molecular formula is C12H19N3O. The average molecular weight is 221 g/mol. The molecule has 88 valence electrons. The molecule has 0 aliphatic carbocycles. The van der Waals surface area contributed by atoms with Crippen molar-refractivity contribution in [2.75, 3.05) is 18.1 Å². The van der Waals surface area contributed by atoms with E-state index in [1.807, 2.05) is 6.07 Å². The van der Waals surface area contributed by atoms with Crippen LogP contribution in [0.15, 0.2) is 12.4 Å². The molecule has 1 fully saturated rings. The molecule has 0 bridgehead atoms. The van der Waals surface area contributed by atoms with Crippen molar-refractivity contribution in [3.05, 3.63) is 18.1 Å². The Morgan fingerprint density at radius 2 is 2.31 bits per heavy atom. The van der Waals surface area contributed by atoms with E-state index in [2.05, 4.69) is 21.8 Å². The molecule has 0 spiro atoms. The summed E-state index contributed by atoms with van der Waals surface area (Å²) in [6, 6.07) is 2.27. The van der Waals surface area contributed by atoms with Crippen LogP contribution in [0.1, 0.15) is 31.9 Å². The minimum atomic E-state index is 0.214. The third-order valence-electron chi connectivity index (χ3n) is 3.20. The number of aromatic nitrogens is 2. The number of rotatable bonds is 3. The van der Waals surface area contributed by atoms with Crippen molar-refractivity contribution in [1.82, 2.24) is 9.97 Å². The van der Waals surface area contributed by atoms with Crippen LogP contribution in [0.25, 0.3) is 0 Å². The lowest BCUT2D eigenvalue weighted by atomic mass is 10.0. The Labute approximate surface area is 96.3 Å². The van der Waals surface area contributed by atoms with Crippen LogP contribution < -0.4 is 4.90 Å². The molecule has 4 heteroatoms. The number of anilines is 1. The highest BCUT2D eigenvalue weighted by atomic mass is 16.3. The fourth-order valence-electron chi connectivity index (χ4n) is 2.23. The van der Waals surface area contributed by atoms with E-state index >= 15 is 0 Å². The Morgan fingerprint density at radius 1 is 1.44 bits per heavy atom. The van der Waals surface area contributed by atoms with Crippen LogP contribution in [0.4, 0.5) is 5.82 Å². The van der Waals surface area contributed by atoms with Gasteiger partial charge in [0, 0.05) is 18.3 Å². The van der Waals surface area contributed by atoms with Gasteiger partial charge in [0.15, 0.2) is 0 Å². The Balaban J connectivity index is 2.20. The lowest BCUT2D eigenvalue weighted by Gasteiger charge is -2.35. The predicted molar refractivity (Wildman–Crippen MR) is 63.5 cm³/mol. The smallest absolute Gasteiger partial charge is 0.132 e. The minimum Gasteiger partial charge on any atom is -0.394 e. The zero-order valence-electron chi connectivity index (χ0n) is 9.76. The number of aryl methyl sites for hydroxylation is 1. The summed E-state index contributed by atoms with van der Waals surface area (Å²) >= 11 is 0. The summed E-state index contributed by atoms with van der Waals surface area (Å²) in [5.74, 6) is 0.964. The van der Waals surface area contributed by atoms with Crippen LogP contribution in [-0.4, -0.2) is 34.3 Å². The summed E-state index contributed by atoms with van der Waals surface area (Å²) in [4.78, 5) is 10.7. The summed E-state index contributed by atoms with van der Waals surface area (Å²) in [6.07, 6.45) is 5.99. The number of nitrogens with zero attached hydrogens (tertiary/aromatic N) is 3. The number of aliphatic hydroxyl groups is 1. The van der Waals surface area contributed by atoms with E-state index in [0.29, 0.717) is 0 Å². The van der Waals surface area contributed by atoms with Crippen LogP contribution in [0.2, 0.25) is 0 Å². The van der Waals surface area contributed by atoms with Gasteiger partial charge in [0.05, 0.1) is 12.6 Å². The molecule has 16 heavy (non-hydrogen) atoms. The predicted octanol–water partition coefficient (Wildman–Crippen LogP) is 1.39. The van der Waals surface area contributed by atoms with Crippen molar-refractivity contribution < 1.29 is 5.11 Å². The van der Waals surface area contributed by atoms with E-state index < -0.39 is 0 Å². The molecule has 1 aliphatic heterocycles. The molecular weight excluding hydrogens is 202 g/mol. The molecule has 0 saturated carbocycles. The Bertz CT molecular complexity index is 343. The zero-order valence-corrected chi connectivity index (χ0v) is 9.76. The Hall–Kier alpha value is -1.16. The molecule has 1 aliphatic rings. The van der Waals surface area contributed by atoms with Crippen molar-refractivity contribution in [2.45, 2.75) is 38.6 Å². The first kappa shape index (κ1) is 11.3. The van der Waals surface area contributed by atoms with Gasteiger partial charge in [-0.25, -0.2) is 9.97 Å². The van der Waals surface area contributed by atoms with Gasteiger partial charge in [0.1, 0.15) is 12.1 Å². The highest BCUT2D eigenvalue weighted by Crippen LogP contribution is 2.22. The van der Waals surface area contributed by atoms with Gasteiger partial charge in [-0.3, -0.25) is 0 Å². The summed E-state index contributed by atoms with van der Waals surface area (Å²) < 4.78 is 0. The third kappa shape index (κ3) is 2.32. The molecule has 0 aromatic carbocycles. The normalized spacial score (nSPS) is 21.1. The fourth-order valence-corrected chi connectivity index (χ4v) is 2.23. The molecule has 1 aromatic heterocycles. The largest absolute Gasteiger partial charge is 0.394 e. The summed E-state index contributed by atoms with van der Waals surface area (Å²) in [5, 5.41) is 9.36. The zero-order chi connectivity index (χ0) is 11.4. The Morgan fingerprint density at radius 3 is 3.06 bits per heavy atom. The number of hydrogen-bond donors (Lipinski definition) is 1. The van der Waals surface area contributed by atoms with Crippen molar-refractivity contribution in [3.8, 4) is 0 Å². The third-order valence-corrected chi connectivity index (χ3v) is 3.20. The van der Waals surface area contributed by atoms with Gasteiger partial charge >= 0.3 is 0 Å².